The van der Waals surface area contributed by atoms with Crippen molar-refractivity contribution in [3.8, 4) is 18.1 Å². The molecule has 0 aliphatic carbocycles. The SMILES string of the molecule is C#CC.C/C=C\C=C(/CNCC(/C=C\N)=C/C)c1nc(Nc2ccc(OC)cc2)n[nH]1.CC. The normalized spacial score (nSPS) is 11.3. The van der Waals surface area contributed by atoms with E-state index in [0.717, 1.165) is 22.6 Å². The van der Waals surface area contributed by atoms with Gasteiger partial charge < -0.3 is 21.1 Å². The van der Waals surface area contributed by atoms with Gasteiger partial charge in [-0.25, -0.2) is 0 Å². The summed E-state index contributed by atoms with van der Waals surface area (Å²) in [7, 11) is 1.64. The molecule has 0 saturated heterocycles. The van der Waals surface area contributed by atoms with Gasteiger partial charge in [0.15, 0.2) is 5.82 Å². The number of hydrogen-bond donors (Lipinski definition) is 4. The van der Waals surface area contributed by atoms with Crippen LogP contribution in [0.15, 0.2) is 66.4 Å². The molecule has 0 aliphatic heterocycles. The number of ether oxygens (including phenoxy) is 1. The average molecular weight is 451 g/mol. The predicted octanol–water partition coefficient (Wildman–Crippen LogP) is 5.19. The Morgan fingerprint density at radius 3 is 2.42 bits per heavy atom. The number of nitrogens with zero attached hydrogens (tertiary/aromatic N) is 2. The maximum atomic E-state index is 5.47. The number of terminal acetylenes is 1. The van der Waals surface area contributed by atoms with Crippen molar-refractivity contribution in [1.29, 1.82) is 0 Å². The van der Waals surface area contributed by atoms with Gasteiger partial charge in [-0.3, -0.25) is 5.10 Å². The maximum absolute atomic E-state index is 5.47. The Bertz CT molecular complexity index is 930. The number of nitrogens with two attached hydrogens (primary N) is 1. The molecule has 33 heavy (non-hydrogen) atoms. The fourth-order valence-corrected chi connectivity index (χ4v) is 2.42. The van der Waals surface area contributed by atoms with Gasteiger partial charge in [0.25, 0.3) is 0 Å². The van der Waals surface area contributed by atoms with Gasteiger partial charge in [-0.05, 0) is 62.9 Å². The summed E-state index contributed by atoms with van der Waals surface area (Å²) in [5, 5.41) is 13.8. The van der Waals surface area contributed by atoms with Gasteiger partial charge in [0.05, 0.1) is 7.11 Å². The van der Waals surface area contributed by atoms with Crippen LogP contribution in [0.1, 0.15) is 40.4 Å². The zero-order chi connectivity index (χ0) is 24.9. The van der Waals surface area contributed by atoms with Crippen LogP contribution in [0.5, 0.6) is 5.75 Å². The van der Waals surface area contributed by atoms with Crippen molar-refractivity contribution < 1.29 is 4.74 Å². The number of aromatic amines is 1. The Hall–Kier alpha value is -3.76. The van der Waals surface area contributed by atoms with Gasteiger partial charge >= 0.3 is 0 Å². The topological polar surface area (TPSA) is 101 Å². The van der Waals surface area contributed by atoms with E-state index in [1.165, 1.54) is 0 Å². The molecule has 1 aromatic carbocycles. The van der Waals surface area contributed by atoms with E-state index in [9.17, 15) is 0 Å². The molecular weight excluding hydrogens is 412 g/mol. The Labute approximate surface area is 198 Å². The van der Waals surface area contributed by atoms with E-state index in [-0.39, 0.29) is 0 Å². The smallest absolute Gasteiger partial charge is 0.246 e. The zero-order valence-corrected chi connectivity index (χ0v) is 20.6. The van der Waals surface area contributed by atoms with Crippen LogP contribution in [-0.4, -0.2) is 35.4 Å². The molecule has 2 aromatic rings. The summed E-state index contributed by atoms with van der Waals surface area (Å²) < 4.78 is 5.17. The molecule has 0 unspecified atom stereocenters. The minimum atomic E-state index is 0.506. The third-order valence-electron chi connectivity index (χ3n) is 3.95. The van der Waals surface area contributed by atoms with E-state index in [1.54, 1.807) is 20.2 Å². The first-order valence-corrected chi connectivity index (χ1v) is 10.9. The fourth-order valence-electron chi connectivity index (χ4n) is 2.42. The third kappa shape index (κ3) is 12.0. The highest BCUT2D eigenvalue weighted by molar-refractivity contribution is 5.65. The van der Waals surface area contributed by atoms with E-state index in [4.69, 9.17) is 10.5 Å². The first-order valence-electron chi connectivity index (χ1n) is 10.9. The molecule has 0 fully saturated rings. The number of benzene rings is 1. The lowest BCUT2D eigenvalue weighted by Crippen LogP contribution is -2.19. The first-order chi connectivity index (χ1) is 16.1. The first kappa shape index (κ1) is 29.2. The molecule has 7 nitrogen and oxygen atoms in total. The van der Waals surface area contributed by atoms with Gasteiger partial charge in [-0.15, -0.1) is 17.4 Å². The van der Waals surface area contributed by atoms with Crippen LogP contribution in [0.3, 0.4) is 0 Å². The van der Waals surface area contributed by atoms with Crippen LogP contribution in [-0.2, 0) is 0 Å². The molecule has 0 saturated carbocycles. The van der Waals surface area contributed by atoms with Crippen molar-refractivity contribution in [2.24, 2.45) is 5.73 Å². The Balaban J connectivity index is 0.00000189. The summed E-state index contributed by atoms with van der Waals surface area (Å²) in [6, 6.07) is 7.59. The lowest BCUT2D eigenvalue weighted by molar-refractivity contribution is 0.415. The maximum Gasteiger partial charge on any atom is 0.246 e. The number of methoxy groups -OCH3 is 1. The van der Waals surface area contributed by atoms with Crippen molar-refractivity contribution >= 4 is 17.2 Å². The summed E-state index contributed by atoms with van der Waals surface area (Å²) in [6.07, 6.45) is 16.0. The van der Waals surface area contributed by atoms with E-state index in [1.807, 2.05) is 82.3 Å². The molecule has 0 amide bonds. The molecule has 178 valence electrons. The Morgan fingerprint density at radius 1 is 1.21 bits per heavy atom. The summed E-state index contributed by atoms with van der Waals surface area (Å²) in [5.74, 6) is 4.26. The van der Waals surface area contributed by atoms with Crippen molar-refractivity contribution in [2.45, 2.75) is 34.6 Å². The highest BCUT2D eigenvalue weighted by Gasteiger charge is 2.08. The number of aromatic nitrogens is 3. The Morgan fingerprint density at radius 2 is 1.88 bits per heavy atom. The van der Waals surface area contributed by atoms with E-state index in [2.05, 4.69) is 38.2 Å². The fraction of sp³-hybridized carbons (Fsp3) is 0.308. The minimum absolute atomic E-state index is 0.506. The number of rotatable bonds is 10. The molecule has 0 atom stereocenters. The monoisotopic (exact) mass is 450 g/mol. The van der Waals surface area contributed by atoms with Crippen LogP contribution in [0.2, 0.25) is 0 Å². The number of hydrogen-bond acceptors (Lipinski definition) is 6. The van der Waals surface area contributed by atoms with Crippen molar-refractivity contribution in [1.82, 2.24) is 20.5 Å². The molecule has 1 aromatic heterocycles. The van der Waals surface area contributed by atoms with Crippen LogP contribution in [0, 0.1) is 12.3 Å². The van der Waals surface area contributed by atoms with Crippen molar-refractivity contribution in [3.63, 3.8) is 0 Å². The quantitative estimate of drug-likeness (QED) is 0.294. The molecule has 0 aliphatic rings. The summed E-state index contributed by atoms with van der Waals surface area (Å²) in [6.45, 7) is 11.0. The van der Waals surface area contributed by atoms with E-state index in [0.29, 0.717) is 24.9 Å². The molecule has 0 spiro atoms. The lowest BCUT2D eigenvalue weighted by atomic mass is 10.2. The molecule has 0 bridgehead atoms. The molecule has 7 heteroatoms. The third-order valence-corrected chi connectivity index (χ3v) is 3.95. The zero-order valence-electron chi connectivity index (χ0n) is 20.6. The van der Waals surface area contributed by atoms with Crippen LogP contribution >= 0.6 is 0 Å². The van der Waals surface area contributed by atoms with Gasteiger partial charge in [0, 0.05) is 24.4 Å². The van der Waals surface area contributed by atoms with Crippen molar-refractivity contribution in [3.05, 3.63) is 72.2 Å². The van der Waals surface area contributed by atoms with Gasteiger partial charge in [0.2, 0.25) is 5.95 Å². The average Bonchev–Trinajstić information content (AvgIpc) is 3.31. The molecule has 1 heterocycles. The Kier molecular flexibility index (Phi) is 16.8. The summed E-state index contributed by atoms with van der Waals surface area (Å²) >= 11 is 0. The van der Waals surface area contributed by atoms with Gasteiger partial charge in [-0.1, -0.05) is 38.2 Å². The number of H-pyrrole nitrogens is 1. The van der Waals surface area contributed by atoms with Crippen molar-refractivity contribution in [2.75, 3.05) is 25.5 Å². The second kappa shape index (κ2) is 19.0. The predicted molar refractivity (Wildman–Crippen MR) is 141 cm³/mol. The van der Waals surface area contributed by atoms with Gasteiger partial charge in [-0.2, -0.15) is 4.98 Å². The molecular formula is C26H38N6O. The lowest BCUT2D eigenvalue weighted by Gasteiger charge is -2.07. The number of nitrogens with one attached hydrogen (secondary N) is 3. The van der Waals surface area contributed by atoms with Crippen LogP contribution < -0.4 is 21.1 Å². The second-order valence-electron chi connectivity index (χ2n) is 6.19. The highest BCUT2D eigenvalue weighted by atomic mass is 16.5. The summed E-state index contributed by atoms with van der Waals surface area (Å²) in [5.41, 5.74) is 8.47. The molecule has 5 N–H and O–H groups in total. The van der Waals surface area contributed by atoms with E-state index < -0.39 is 0 Å². The number of anilines is 2. The summed E-state index contributed by atoms with van der Waals surface area (Å²) in [4.78, 5) is 4.56. The van der Waals surface area contributed by atoms with E-state index >= 15 is 0 Å². The standard InChI is InChI=1S/C21H28N6O.C3H4.C2H6/c1-4-6-7-17(15-23-14-16(5-2)12-13-22)20-25-21(27-26-20)24-18-8-10-19(28-3)11-9-18;1-3-2;1-2/h4-13,23H,14-15,22H2,1-3H3,(H2,24,25,26,27);1H,2H3;1-2H3/b6-4-,13-12-,16-5+,17-7+;;. The molecule has 0 radical (unpaired) electrons. The highest BCUT2D eigenvalue weighted by Crippen LogP contribution is 2.19. The van der Waals surface area contributed by atoms with Gasteiger partial charge in [0.1, 0.15) is 5.75 Å². The van der Waals surface area contributed by atoms with Crippen LogP contribution in [0.4, 0.5) is 11.6 Å². The largest absolute Gasteiger partial charge is 0.497 e. The number of allylic oxidation sites excluding steroid dienone is 4. The second-order valence-corrected chi connectivity index (χ2v) is 6.19. The molecule has 2 rings (SSSR count). The minimum Gasteiger partial charge on any atom is -0.497 e. The van der Waals surface area contributed by atoms with Crippen LogP contribution in [0.25, 0.3) is 5.57 Å².